The monoisotopic (exact) mass is 244 g/mol. The Morgan fingerprint density at radius 3 is 2.59 bits per heavy atom. The minimum atomic E-state index is 0.382. The fourth-order valence-corrected chi connectivity index (χ4v) is 1.65. The van der Waals surface area contributed by atoms with E-state index in [1.54, 1.807) is 0 Å². The molecule has 0 N–H and O–H groups in total. The molecule has 0 spiro atoms. The van der Waals surface area contributed by atoms with Crippen LogP contribution in [0.3, 0.4) is 0 Å². The van der Waals surface area contributed by atoms with Crippen molar-refractivity contribution in [3.63, 3.8) is 0 Å². The lowest BCUT2D eigenvalue weighted by atomic mass is 10.2. The number of nitrogens with zero attached hydrogens (tertiary/aromatic N) is 2. The van der Waals surface area contributed by atoms with Crippen molar-refractivity contribution >= 4 is 22.6 Å². The first-order valence-corrected chi connectivity index (χ1v) is 6.10. The quantitative estimate of drug-likeness (QED) is 0.593. The molecule has 2 nitrogen and oxygen atoms in total. The van der Waals surface area contributed by atoms with E-state index in [4.69, 9.17) is 11.6 Å². The molecule has 1 aromatic carbocycles. The Kier molecular flexibility index (Phi) is 3.95. The first-order valence-electron chi connectivity index (χ1n) is 5.72. The first-order chi connectivity index (χ1) is 8.31. The Hall–Kier alpha value is -1.59. The van der Waals surface area contributed by atoms with Crippen LogP contribution < -0.4 is 0 Å². The van der Waals surface area contributed by atoms with E-state index < -0.39 is 0 Å². The Morgan fingerprint density at radius 1 is 1.18 bits per heavy atom. The zero-order valence-corrected chi connectivity index (χ0v) is 10.5. The molecule has 0 fully saturated rings. The third kappa shape index (κ3) is 2.95. The van der Waals surface area contributed by atoms with Gasteiger partial charge in [0, 0.05) is 6.42 Å². The molecule has 2 rings (SSSR count). The number of rotatable bonds is 2. The van der Waals surface area contributed by atoms with Gasteiger partial charge in [0.05, 0.1) is 11.0 Å². The predicted molar refractivity (Wildman–Crippen MR) is 71.0 cm³/mol. The molecule has 0 radical (unpaired) electrons. The molecule has 0 aliphatic carbocycles. The van der Waals surface area contributed by atoms with Crippen LogP contribution in [0.4, 0.5) is 0 Å². The van der Waals surface area contributed by atoms with Gasteiger partial charge in [-0.15, -0.1) is 0 Å². The second-order valence-corrected chi connectivity index (χ2v) is 4.12. The number of para-hydroxylation sites is 2. The lowest BCUT2D eigenvalue weighted by Gasteiger charge is -1.98. The van der Waals surface area contributed by atoms with Crippen molar-refractivity contribution in [2.75, 3.05) is 0 Å². The average Bonchev–Trinajstić information content (AvgIpc) is 2.35. The summed E-state index contributed by atoms with van der Waals surface area (Å²) in [7, 11) is 0. The van der Waals surface area contributed by atoms with E-state index >= 15 is 0 Å². The Balaban J connectivity index is 2.33. The highest BCUT2D eigenvalue weighted by Gasteiger charge is 2.03. The molecule has 0 aliphatic rings. The van der Waals surface area contributed by atoms with E-state index in [0.717, 1.165) is 30.3 Å². The minimum absolute atomic E-state index is 0.382. The largest absolute Gasteiger partial charge is 0.234 e. The summed E-state index contributed by atoms with van der Waals surface area (Å²) < 4.78 is 0. The zero-order chi connectivity index (χ0) is 12.1. The molecular weight excluding hydrogens is 232 g/mol. The summed E-state index contributed by atoms with van der Waals surface area (Å²) in [6, 6.07) is 7.65. The smallest absolute Gasteiger partial charge is 0.164 e. The molecule has 0 saturated heterocycles. The Bertz CT molecular complexity index is 582. The normalized spacial score (nSPS) is 10.0. The number of hydrogen-bond acceptors (Lipinski definition) is 2. The topological polar surface area (TPSA) is 25.8 Å². The maximum Gasteiger partial charge on any atom is 0.164 e. The third-order valence-electron chi connectivity index (χ3n) is 2.39. The van der Waals surface area contributed by atoms with Crippen LogP contribution in [0, 0.1) is 11.8 Å². The molecule has 0 bridgehead atoms. The molecule has 17 heavy (non-hydrogen) atoms. The van der Waals surface area contributed by atoms with Crippen LogP contribution >= 0.6 is 11.6 Å². The van der Waals surface area contributed by atoms with Gasteiger partial charge in [-0.1, -0.05) is 43.0 Å². The molecule has 0 amide bonds. The predicted octanol–water partition coefficient (Wildman–Crippen LogP) is 3.82. The number of benzene rings is 1. The van der Waals surface area contributed by atoms with Gasteiger partial charge < -0.3 is 0 Å². The van der Waals surface area contributed by atoms with E-state index in [-0.39, 0.29) is 0 Å². The van der Waals surface area contributed by atoms with Crippen molar-refractivity contribution in [1.29, 1.82) is 0 Å². The molecule has 0 atom stereocenters. The van der Waals surface area contributed by atoms with Gasteiger partial charge in [-0.3, -0.25) is 0 Å². The van der Waals surface area contributed by atoms with E-state index in [9.17, 15) is 0 Å². The number of unbranched alkanes of at least 4 members (excludes halogenated alkanes) is 2. The van der Waals surface area contributed by atoms with E-state index in [0.29, 0.717) is 10.8 Å². The van der Waals surface area contributed by atoms with Gasteiger partial charge in [-0.25, -0.2) is 9.97 Å². The van der Waals surface area contributed by atoms with Crippen molar-refractivity contribution in [2.24, 2.45) is 0 Å². The summed E-state index contributed by atoms with van der Waals surface area (Å²) in [5.74, 6) is 6.06. The maximum absolute atomic E-state index is 6.04. The van der Waals surface area contributed by atoms with Gasteiger partial charge >= 0.3 is 0 Å². The van der Waals surface area contributed by atoms with Crippen LogP contribution in [0.25, 0.3) is 11.0 Å². The molecule has 0 unspecified atom stereocenters. The molecule has 1 heterocycles. The molecule has 1 aromatic heterocycles. The molecule has 0 aliphatic heterocycles. The fourth-order valence-electron chi connectivity index (χ4n) is 1.47. The van der Waals surface area contributed by atoms with Crippen LogP contribution in [-0.2, 0) is 0 Å². The second-order valence-electron chi connectivity index (χ2n) is 3.76. The van der Waals surface area contributed by atoms with Crippen LogP contribution in [0.15, 0.2) is 24.3 Å². The molecule has 0 saturated carbocycles. The van der Waals surface area contributed by atoms with Gasteiger partial charge in [-0.05, 0) is 24.5 Å². The zero-order valence-electron chi connectivity index (χ0n) is 9.70. The fraction of sp³-hybridized carbons (Fsp3) is 0.286. The van der Waals surface area contributed by atoms with E-state index in [1.165, 1.54) is 0 Å². The molecule has 86 valence electrons. The summed E-state index contributed by atoms with van der Waals surface area (Å²) in [6.45, 7) is 2.14. The standard InChI is InChI=1S/C14H13ClN2/c1-2-3-4-5-10-13-14(15)17-12-9-7-6-8-11(12)16-13/h6-9H,2-4H2,1H3. The average molecular weight is 245 g/mol. The van der Waals surface area contributed by atoms with Crippen LogP contribution in [0.2, 0.25) is 5.15 Å². The SMILES string of the molecule is CCCCC#Cc1nc2ccccc2nc1Cl. The molecule has 2 aromatic rings. The Labute approximate surface area is 106 Å². The number of hydrogen-bond donors (Lipinski definition) is 0. The highest BCUT2D eigenvalue weighted by atomic mass is 35.5. The Morgan fingerprint density at radius 2 is 1.88 bits per heavy atom. The van der Waals surface area contributed by atoms with Crippen molar-refractivity contribution in [3.8, 4) is 11.8 Å². The van der Waals surface area contributed by atoms with Crippen molar-refractivity contribution in [1.82, 2.24) is 9.97 Å². The molecule has 3 heteroatoms. The number of fused-ring (bicyclic) bond motifs is 1. The van der Waals surface area contributed by atoms with Crippen molar-refractivity contribution in [3.05, 3.63) is 35.1 Å². The summed E-state index contributed by atoms with van der Waals surface area (Å²) in [6.07, 6.45) is 3.12. The summed E-state index contributed by atoms with van der Waals surface area (Å²) in [5.41, 5.74) is 2.20. The van der Waals surface area contributed by atoms with Crippen LogP contribution in [0.1, 0.15) is 31.9 Å². The number of aromatic nitrogens is 2. The lowest BCUT2D eigenvalue weighted by Crippen LogP contribution is -1.90. The van der Waals surface area contributed by atoms with Crippen molar-refractivity contribution < 1.29 is 0 Å². The summed E-state index contributed by atoms with van der Waals surface area (Å²) in [4.78, 5) is 8.68. The number of halogens is 1. The van der Waals surface area contributed by atoms with Gasteiger partial charge in [0.15, 0.2) is 10.8 Å². The highest BCUT2D eigenvalue weighted by molar-refractivity contribution is 6.30. The van der Waals surface area contributed by atoms with Gasteiger partial charge in [-0.2, -0.15) is 0 Å². The van der Waals surface area contributed by atoms with Gasteiger partial charge in [0.25, 0.3) is 0 Å². The van der Waals surface area contributed by atoms with Gasteiger partial charge in [0.1, 0.15) is 0 Å². The molecular formula is C14H13ClN2. The van der Waals surface area contributed by atoms with E-state index in [1.807, 2.05) is 24.3 Å². The lowest BCUT2D eigenvalue weighted by molar-refractivity contribution is 0.828. The summed E-state index contributed by atoms with van der Waals surface area (Å²) in [5, 5.41) is 0.382. The van der Waals surface area contributed by atoms with Gasteiger partial charge in [0.2, 0.25) is 0 Å². The second kappa shape index (κ2) is 5.65. The van der Waals surface area contributed by atoms with Crippen LogP contribution in [0.5, 0.6) is 0 Å². The van der Waals surface area contributed by atoms with E-state index in [2.05, 4.69) is 28.7 Å². The first kappa shape index (κ1) is 11.9. The highest BCUT2D eigenvalue weighted by Crippen LogP contribution is 2.15. The minimum Gasteiger partial charge on any atom is -0.234 e. The summed E-state index contributed by atoms with van der Waals surface area (Å²) >= 11 is 6.04. The maximum atomic E-state index is 6.04. The third-order valence-corrected chi connectivity index (χ3v) is 2.65. The van der Waals surface area contributed by atoms with Crippen molar-refractivity contribution in [2.45, 2.75) is 26.2 Å². The van der Waals surface area contributed by atoms with Crippen LogP contribution in [-0.4, -0.2) is 9.97 Å².